The van der Waals surface area contributed by atoms with Crippen LogP contribution in [-0.2, 0) is 0 Å². The van der Waals surface area contributed by atoms with E-state index in [1.54, 1.807) is 0 Å². The summed E-state index contributed by atoms with van der Waals surface area (Å²) in [7, 11) is 2.21. The predicted octanol–water partition coefficient (Wildman–Crippen LogP) is 0.361. The van der Waals surface area contributed by atoms with Crippen LogP contribution in [0.2, 0.25) is 0 Å². The first-order chi connectivity index (χ1) is 6.27. The maximum atomic E-state index is 5.59. The molecule has 1 fully saturated rings. The molecule has 0 amide bonds. The topological polar surface area (TPSA) is 32.5 Å². The van der Waals surface area contributed by atoms with Crippen molar-refractivity contribution in [2.45, 2.75) is 25.8 Å². The van der Waals surface area contributed by atoms with Crippen LogP contribution in [0.4, 0.5) is 0 Å². The summed E-state index contributed by atoms with van der Waals surface area (Å²) in [5.74, 6) is 0. The molecule has 1 unspecified atom stereocenters. The molecule has 0 aromatic heterocycles. The molecule has 1 heterocycles. The van der Waals surface area contributed by atoms with E-state index in [9.17, 15) is 0 Å². The molecule has 0 aliphatic carbocycles. The van der Waals surface area contributed by atoms with Gasteiger partial charge in [-0.15, -0.1) is 0 Å². The van der Waals surface area contributed by atoms with E-state index in [2.05, 4.69) is 23.8 Å². The normalized spacial score (nSPS) is 25.4. The highest BCUT2D eigenvalue weighted by molar-refractivity contribution is 4.78. The van der Waals surface area contributed by atoms with Crippen LogP contribution in [0.1, 0.15) is 19.8 Å². The van der Waals surface area contributed by atoms with E-state index in [4.69, 9.17) is 5.73 Å². The second-order valence-corrected chi connectivity index (χ2v) is 3.98. The molecular weight excluding hydrogens is 162 g/mol. The summed E-state index contributed by atoms with van der Waals surface area (Å²) in [4.78, 5) is 4.93. The minimum absolute atomic E-state index is 0.743. The first-order valence-corrected chi connectivity index (χ1v) is 5.40. The molecule has 0 aromatic carbocycles. The van der Waals surface area contributed by atoms with Crippen molar-refractivity contribution in [3.05, 3.63) is 0 Å². The summed E-state index contributed by atoms with van der Waals surface area (Å²) in [6.45, 7) is 7.67. The Labute approximate surface area is 81.9 Å². The van der Waals surface area contributed by atoms with Gasteiger partial charge in [0.1, 0.15) is 0 Å². The lowest BCUT2D eigenvalue weighted by molar-refractivity contribution is 0.119. The largest absolute Gasteiger partial charge is 0.329 e. The van der Waals surface area contributed by atoms with Gasteiger partial charge in [0.15, 0.2) is 0 Å². The third-order valence-corrected chi connectivity index (χ3v) is 2.94. The summed E-state index contributed by atoms with van der Waals surface area (Å²) in [6, 6.07) is 0.743. The number of likely N-dealkylation sites (N-methyl/N-ethyl adjacent to an activating group) is 2. The van der Waals surface area contributed by atoms with Crippen LogP contribution in [0.5, 0.6) is 0 Å². The lowest BCUT2D eigenvalue weighted by Crippen LogP contribution is -2.48. The second-order valence-electron chi connectivity index (χ2n) is 3.98. The Bertz CT molecular complexity index is 138. The first kappa shape index (κ1) is 11.0. The van der Waals surface area contributed by atoms with Gasteiger partial charge in [0.2, 0.25) is 0 Å². The third kappa shape index (κ3) is 3.25. The van der Waals surface area contributed by atoms with Crippen molar-refractivity contribution in [3.8, 4) is 0 Å². The van der Waals surface area contributed by atoms with Crippen LogP contribution in [0.3, 0.4) is 0 Å². The zero-order valence-corrected chi connectivity index (χ0v) is 9.00. The average Bonchev–Trinajstić information content (AvgIpc) is 2.14. The van der Waals surface area contributed by atoms with Crippen molar-refractivity contribution >= 4 is 0 Å². The maximum absolute atomic E-state index is 5.59. The van der Waals surface area contributed by atoms with Crippen LogP contribution >= 0.6 is 0 Å². The fourth-order valence-corrected chi connectivity index (χ4v) is 2.20. The van der Waals surface area contributed by atoms with E-state index in [0.29, 0.717) is 0 Å². The Balaban J connectivity index is 2.37. The highest BCUT2D eigenvalue weighted by Gasteiger charge is 2.21. The quantitative estimate of drug-likeness (QED) is 0.686. The third-order valence-electron chi connectivity index (χ3n) is 2.94. The fraction of sp³-hybridized carbons (Fsp3) is 1.00. The van der Waals surface area contributed by atoms with E-state index in [-0.39, 0.29) is 0 Å². The van der Waals surface area contributed by atoms with Gasteiger partial charge in [-0.05, 0) is 33.0 Å². The minimum Gasteiger partial charge on any atom is -0.329 e. The molecule has 2 N–H and O–H groups in total. The number of likely N-dealkylation sites (tertiary alicyclic amines) is 1. The van der Waals surface area contributed by atoms with Crippen molar-refractivity contribution in [3.63, 3.8) is 0 Å². The number of piperidine rings is 1. The highest BCUT2D eigenvalue weighted by Crippen LogP contribution is 2.13. The van der Waals surface area contributed by atoms with Crippen molar-refractivity contribution in [1.82, 2.24) is 9.80 Å². The summed E-state index contributed by atoms with van der Waals surface area (Å²) >= 11 is 0. The molecule has 0 saturated carbocycles. The Morgan fingerprint density at radius 2 is 2.31 bits per heavy atom. The Morgan fingerprint density at radius 3 is 2.85 bits per heavy atom. The molecule has 1 atom stereocenters. The Morgan fingerprint density at radius 1 is 1.54 bits per heavy atom. The molecule has 1 aliphatic rings. The average molecular weight is 185 g/mol. The van der Waals surface area contributed by atoms with Crippen LogP contribution < -0.4 is 5.73 Å². The number of nitrogens with zero attached hydrogens (tertiary/aromatic N) is 2. The number of hydrogen-bond donors (Lipinski definition) is 1. The molecular formula is C10H23N3. The van der Waals surface area contributed by atoms with E-state index in [0.717, 1.165) is 25.7 Å². The standard InChI is InChI=1S/C10H23N3/c1-3-13(8-6-11)10-5-4-7-12(2)9-10/h10H,3-9,11H2,1-2H3. The zero-order chi connectivity index (χ0) is 9.68. The van der Waals surface area contributed by atoms with E-state index in [1.807, 2.05) is 0 Å². The number of hydrogen-bond acceptors (Lipinski definition) is 3. The summed E-state index contributed by atoms with van der Waals surface area (Å²) in [5, 5.41) is 0. The van der Waals surface area contributed by atoms with Crippen molar-refractivity contribution in [2.24, 2.45) is 5.73 Å². The molecule has 0 bridgehead atoms. The molecule has 0 radical (unpaired) electrons. The predicted molar refractivity (Wildman–Crippen MR) is 56.8 cm³/mol. The summed E-state index contributed by atoms with van der Waals surface area (Å²) in [6.07, 6.45) is 2.68. The van der Waals surface area contributed by atoms with Gasteiger partial charge in [-0.1, -0.05) is 6.92 Å². The number of nitrogens with two attached hydrogens (primary N) is 1. The molecule has 3 nitrogen and oxygen atoms in total. The molecule has 13 heavy (non-hydrogen) atoms. The highest BCUT2D eigenvalue weighted by atomic mass is 15.2. The Hall–Kier alpha value is -0.120. The van der Waals surface area contributed by atoms with Gasteiger partial charge in [0.25, 0.3) is 0 Å². The number of rotatable bonds is 4. The molecule has 3 heteroatoms. The van der Waals surface area contributed by atoms with Gasteiger partial charge in [0.05, 0.1) is 0 Å². The van der Waals surface area contributed by atoms with Gasteiger partial charge in [-0.25, -0.2) is 0 Å². The molecule has 1 aliphatic heterocycles. The monoisotopic (exact) mass is 185 g/mol. The van der Waals surface area contributed by atoms with E-state index >= 15 is 0 Å². The second kappa shape index (κ2) is 5.58. The van der Waals surface area contributed by atoms with Gasteiger partial charge in [0, 0.05) is 25.7 Å². The van der Waals surface area contributed by atoms with E-state index < -0.39 is 0 Å². The molecule has 1 saturated heterocycles. The molecule has 78 valence electrons. The molecule has 0 aromatic rings. The van der Waals surface area contributed by atoms with Crippen LogP contribution in [0, 0.1) is 0 Å². The van der Waals surface area contributed by atoms with Crippen molar-refractivity contribution < 1.29 is 0 Å². The molecule has 0 spiro atoms. The maximum Gasteiger partial charge on any atom is 0.0223 e. The Kier molecular flexibility index (Phi) is 4.70. The first-order valence-electron chi connectivity index (χ1n) is 5.40. The van der Waals surface area contributed by atoms with Crippen LogP contribution in [0.15, 0.2) is 0 Å². The molecule has 1 rings (SSSR count). The SMILES string of the molecule is CCN(CCN)C1CCCN(C)C1. The van der Waals surface area contributed by atoms with Crippen LogP contribution in [0.25, 0.3) is 0 Å². The van der Waals surface area contributed by atoms with E-state index in [1.165, 1.54) is 25.9 Å². The van der Waals surface area contributed by atoms with Gasteiger partial charge in [-0.3, -0.25) is 4.90 Å². The smallest absolute Gasteiger partial charge is 0.0223 e. The van der Waals surface area contributed by atoms with Gasteiger partial charge < -0.3 is 10.6 Å². The lowest BCUT2D eigenvalue weighted by Gasteiger charge is -2.37. The minimum atomic E-state index is 0.743. The fourth-order valence-electron chi connectivity index (χ4n) is 2.20. The van der Waals surface area contributed by atoms with Crippen molar-refractivity contribution in [1.29, 1.82) is 0 Å². The van der Waals surface area contributed by atoms with Gasteiger partial charge >= 0.3 is 0 Å². The van der Waals surface area contributed by atoms with Crippen molar-refractivity contribution in [2.75, 3.05) is 39.8 Å². The summed E-state index contributed by atoms with van der Waals surface area (Å²) in [5.41, 5.74) is 5.59. The zero-order valence-electron chi connectivity index (χ0n) is 9.00. The summed E-state index contributed by atoms with van der Waals surface area (Å²) < 4.78 is 0. The van der Waals surface area contributed by atoms with Crippen LogP contribution in [-0.4, -0.2) is 55.6 Å². The lowest BCUT2D eigenvalue weighted by atomic mass is 10.0. The van der Waals surface area contributed by atoms with Gasteiger partial charge in [-0.2, -0.15) is 0 Å².